The number of amides is 1. The van der Waals surface area contributed by atoms with Crippen molar-refractivity contribution >= 4 is 34.8 Å². The molecule has 0 bridgehead atoms. The van der Waals surface area contributed by atoms with Crippen molar-refractivity contribution < 1.29 is 14.3 Å². The maximum absolute atomic E-state index is 12.6. The molecule has 168 valence electrons. The van der Waals surface area contributed by atoms with Crippen molar-refractivity contribution in [3.8, 4) is 11.5 Å². The van der Waals surface area contributed by atoms with Crippen LogP contribution < -0.4 is 14.8 Å². The van der Waals surface area contributed by atoms with Gasteiger partial charge in [0.2, 0.25) is 0 Å². The Bertz CT molecular complexity index is 1260. The second-order valence-corrected chi connectivity index (χ2v) is 8.22. The number of rotatable bonds is 8. The van der Waals surface area contributed by atoms with Gasteiger partial charge in [0.15, 0.2) is 6.73 Å². The molecule has 1 heterocycles. The summed E-state index contributed by atoms with van der Waals surface area (Å²) in [4.78, 5) is 12.6. The second kappa shape index (κ2) is 10.4. The van der Waals surface area contributed by atoms with Crippen molar-refractivity contribution in [1.82, 2.24) is 9.78 Å². The van der Waals surface area contributed by atoms with Gasteiger partial charge in [-0.15, -0.1) is 0 Å². The highest BCUT2D eigenvalue weighted by Gasteiger charge is 2.09. The fourth-order valence-corrected chi connectivity index (χ4v) is 3.39. The Labute approximate surface area is 201 Å². The van der Waals surface area contributed by atoms with Crippen LogP contribution in [0.5, 0.6) is 11.5 Å². The molecule has 1 aromatic heterocycles. The monoisotopic (exact) mass is 481 g/mol. The molecule has 3 aromatic carbocycles. The zero-order valence-electron chi connectivity index (χ0n) is 17.8. The molecule has 4 aromatic rings. The van der Waals surface area contributed by atoms with Gasteiger partial charge in [-0.3, -0.25) is 4.79 Å². The highest BCUT2D eigenvalue weighted by atomic mass is 35.5. The van der Waals surface area contributed by atoms with E-state index in [1.807, 2.05) is 49.4 Å². The number of anilines is 1. The van der Waals surface area contributed by atoms with E-state index in [0.717, 1.165) is 11.1 Å². The van der Waals surface area contributed by atoms with Gasteiger partial charge in [0.25, 0.3) is 5.91 Å². The number of ether oxygens (including phenoxy) is 2. The van der Waals surface area contributed by atoms with E-state index in [1.165, 1.54) is 0 Å². The smallest absolute Gasteiger partial charge is 0.255 e. The molecule has 0 aliphatic heterocycles. The molecule has 0 aliphatic carbocycles. The van der Waals surface area contributed by atoms with Crippen molar-refractivity contribution in [2.24, 2.45) is 0 Å². The van der Waals surface area contributed by atoms with Crippen LogP contribution in [0.3, 0.4) is 0 Å². The van der Waals surface area contributed by atoms with Crippen LogP contribution in [0.25, 0.3) is 0 Å². The average molecular weight is 482 g/mol. The summed E-state index contributed by atoms with van der Waals surface area (Å²) < 4.78 is 13.0. The van der Waals surface area contributed by atoms with Crippen LogP contribution in [0, 0.1) is 6.92 Å². The summed E-state index contributed by atoms with van der Waals surface area (Å²) in [6, 6.07) is 19.9. The Hall–Kier alpha value is -3.48. The number of nitrogens with zero attached hydrogens (tertiary/aromatic N) is 2. The zero-order chi connectivity index (χ0) is 23.2. The zero-order valence-corrected chi connectivity index (χ0v) is 19.3. The van der Waals surface area contributed by atoms with Crippen molar-refractivity contribution in [2.75, 3.05) is 5.32 Å². The predicted octanol–water partition coefficient (Wildman–Crippen LogP) is 6.37. The third kappa shape index (κ3) is 6.28. The molecule has 0 atom stereocenters. The highest BCUT2D eigenvalue weighted by molar-refractivity contribution is 6.32. The van der Waals surface area contributed by atoms with E-state index >= 15 is 0 Å². The van der Waals surface area contributed by atoms with Crippen molar-refractivity contribution in [2.45, 2.75) is 20.3 Å². The lowest BCUT2D eigenvalue weighted by Crippen LogP contribution is -2.11. The Morgan fingerprint density at radius 3 is 2.64 bits per heavy atom. The number of aromatic nitrogens is 2. The molecule has 0 spiro atoms. The lowest BCUT2D eigenvalue weighted by Gasteiger charge is -2.09. The number of benzene rings is 3. The molecule has 0 unspecified atom stereocenters. The molecule has 0 fully saturated rings. The van der Waals surface area contributed by atoms with E-state index < -0.39 is 0 Å². The van der Waals surface area contributed by atoms with Crippen molar-refractivity contribution in [1.29, 1.82) is 0 Å². The minimum atomic E-state index is -0.237. The van der Waals surface area contributed by atoms with Crippen molar-refractivity contribution in [3.05, 3.63) is 106 Å². The molecule has 1 amide bonds. The fraction of sp³-hybridized carbons (Fsp3) is 0.120. The Kier molecular flexibility index (Phi) is 7.17. The fourth-order valence-electron chi connectivity index (χ4n) is 3.03. The van der Waals surface area contributed by atoms with Gasteiger partial charge in [0.1, 0.15) is 18.1 Å². The first-order chi connectivity index (χ1) is 16.0. The summed E-state index contributed by atoms with van der Waals surface area (Å²) in [7, 11) is 0. The van der Waals surface area contributed by atoms with Gasteiger partial charge in [-0.25, -0.2) is 4.68 Å². The molecule has 0 saturated heterocycles. The van der Waals surface area contributed by atoms with E-state index in [0.29, 0.717) is 39.4 Å². The van der Waals surface area contributed by atoms with Crippen LogP contribution in [-0.4, -0.2) is 15.7 Å². The minimum absolute atomic E-state index is 0.190. The van der Waals surface area contributed by atoms with Gasteiger partial charge in [-0.1, -0.05) is 47.5 Å². The van der Waals surface area contributed by atoms with Gasteiger partial charge in [0.05, 0.1) is 23.1 Å². The summed E-state index contributed by atoms with van der Waals surface area (Å²) >= 11 is 12.1. The van der Waals surface area contributed by atoms with Gasteiger partial charge >= 0.3 is 0 Å². The first-order valence-electron chi connectivity index (χ1n) is 10.2. The normalized spacial score (nSPS) is 10.6. The van der Waals surface area contributed by atoms with Crippen LogP contribution in [0.4, 0.5) is 5.69 Å². The van der Waals surface area contributed by atoms with Crippen LogP contribution in [0.1, 0.15) is 21.5 Å². The molecular weight excluding hydrogens is 461 g/mol. The number of aryl methyl sites for hydroxylation is 1. The van der Waals surface area contributed by atoms with Gasteiger partial charge in [-0.05, 0) is 60.5 Å². The molecule has 0 radical (unpaired) electrons. The summed E-state index contributed by atoms with van der Waals surface area (Å²) in [5.41, 5.74) is 3.09. The maximum Gasteiger partial charge on any atom is 0.255 e. The van der Waals surface area contributed by atoms with Gasteiger partial charge in [0, 0.05) is 10.6 Å². The first kappa shape index (κ1) is 22.7. The Morgan fingerprint density at radius 1 is 1.03 bits per heavy atom. The van der Waals surface area contributed by atoms with Crippen molar-refractivity contribution in [3.63, 3.8) is 0 Å². The molecule has 8 heteroatoms. The molecule has 33 heavy (non-hydrogen) atoms. The van der Waals surface area contributed by atoms with Gasteiger partial charge in [-0.2, -0.15) is 5.10 Å². The van der Waals surface area contributed by atoms with Crippen LogP contribution in [-0.2, 0) is 13.3 Å². The van der Waals surface area contributed by atoms with E-state index in [9.17, 15) is 4.79 Å². The number of hydrogen-bond donors (Lipinski definition) is 1. The molecular formula is C25H21Cl2N3O3. The Balaban J connectivity index is 1.30. The first-order valence-corrected chi connectivity index (χ1v) is 10.9. The largest absolute Gasteiger partial charge is 0.487 e. The highest BCUT2D eigenvalue weighted by Crippen LogP contribution is 2.26. The standard InChI is InChI=1S/C25H21Cl2N3O3/c1-17-5-10-23(27)24(11-17)32-15-18-6-8-19(9-7-18)25(31)29-21-13-28-30(14-21)16-33-22-4-2-3-20(26)12-22/h2-14H,15-16H2,1H3,(H,29,31). The quantitative estimate of drug-likeness (QED) is 0.317. The predicted molar refractivity (Wildman–Crippen MR) is 129 cm³/mol. The maximum atomic E-state index is 12.6. The number of hydrogen-bond acceptors (Lipinski definition) is 4. The molecule has 1 N–H and O–H groups in total. The third-order valence-electron chi connectivity index (χ3n) is 4.75. The minimum Gasteiger partial charge on any atom is -0.487 e. The SMILES string of the molecule is Cc1ccc(Cl)c(OCc2ccc(C(=O)Nc3cnn(COc4cccc(Cl)c4)c3)cc2)c1. The topological polar surface area (TPSA) is 65.4 Å². The lowest BCUT2D eigenvalue weighted by molar-refractivity contribution is 0.102. The van der Waals surface area contributed by atoms with E-state index in [-0.39, 0.29) is 12.6 Å². The summed E-state index contributed by atoms with van der Waals surface area (Å²) in [5, 5.41) is 8.19. The summed E-state index contributed by atoms with van der Waals surface area (Å²) in [6.45, 7) is 2.52. The number of halogens is 2. The van der Waals surface area contributed by atoms with Crippen LogP contribution in [0.2, 0.25) is 10.0 Å². The average Bonchev–Trinajstić information content (AvgIpc) is 3.26. The third-order valence-corrected chi connectivity index (χ3v) is 5.30. The van der Waals surface area contributed by atoms with Gasteiger partial charge < -0.3 is 14.8 Å². The van der Waals surface area contributed by atoms with E-state index in [2.05, 4.69) is 10.4 Å². The van der Waals surface area contributed by atoms with E-state index in [1.54, 1.807) is 41.3 Å². The lowest BCUT2D eigenvalue weighted by atomic mass is 10.1. The Morgan fingerprint density at radius 2 is 1.85 bits per heavy atom. The van der Waals surface area contributed by atoms with Crippen LogP contribution >= 0.6 is 23.2 Å². The molecule has 4 rings (SSSR count). The number of carbonyl (C=O) groups is 1. The number of nitrogens with one attached hydrogen (secondary N) is 1. The second-order valence-electron chi connectivity index (χ2n) is 7.37. The number of carbonyl (C=O) groups excluding carboxylic acids is 1. The van der Waals surface area contributed by atoms with E-state index in [4.69, 9.17) is 32.7 Å². The molecule has 0 saturated carbocycles. The molecule has 6 nitrogen and oxygen atoms in total. The summed E-state index contributed by atoms with van der Waals surface area (Å²) in [5.74, 6) is 1.03. The summed E-state index contributed by atoms with van der Waals surface area (Å²) in [6.07, 6.45) is 3.25. The van der Waals surface area contributed by atoms with Crippen LogP contribution in [0.15, 0.2) is 79.1 Å². The molecule has 0 aliphatic rings.